The summed E-state index contributed by atoms with van der Waals surface area (Å²) in [6.45, 7) is 9.99. The first kappa shape index (κ1) is 22.7. The van der Waals surface area contributed by atoms with Crippen molar-refractivity contribution in [1.29, 1.82) is 0 Å². The number of aliphatic hydroxyl groups excluding tert-OH is 1. The van der Waals surface area contributed by atoms with E-state index in [1.807, 2.05) is 0 Å². The molecule has 5 aliphatic rings. The molecule has 0 aromatic rings. The third kappa shape index (κ3) is 3.74. The molecule has 178 valence electrons. The molecule has 5 fully saturated rings. The Morgan fingerprint density at radius 1 is 0.839 bits per heavy atom. The van der Waals surface area contributed by atoms with Gasteiger partial charge in [0.25, 0.3) is 0 Å². The van der Waals surface area contributed by atoms with Crippen LogP contribution in [-0.2, 0) is 0 Å². The molecule has 2 nitrogen and oxygen atoms in total. The van der Waals surface area contributed by atoms with Crippen LogP contribution in [0.25, 0.3) is 0 Å². The third-order valence-corrected chi connectivity index (χ3v) is 12.3. The van der Waals surface area contributed by atoms with Crippen LogP contribution in [0.5, 0.6) is 0 Å². The second-order valence-corrected chi connectivity index (χ2v) is 13.6. The van der Waals surface area contributed by atoms with Crippen LogP contribution in [0.1, 0.15) is 118 Å². The minimum absolute atomic E-state index is 0.0218. The molecule has 2 heteroatoms. The average Bonchev–Trinajstić information content (AvgIpc) is 3.54. The lowest BCUT2D eigenvalue weighted by Gasteiger charge is -2.62. The maximum absolute atomic E-state index is 11.0. The second kappa shape index (κ2) is 8.00. The molecule has 5 saturated carbocycles. The molecule has 0 unspecified atom stereocenters. The second-order valence-electron chi connectivity index (χ2n) is 13.6. The number of fused-ring (bicyclic) bond motifs is 5. The zero-order valence-corrected chi connectivity index (χ0v) is 20.9. The molecule has 0 aromatic heterocycles. The number of hydrogen-bond donors (Lipinski definition) is 2. The quantitative estimate of drug-likeness (QED) is 0.477. The first-order chi connectivity index (χ1) is 14.7. The van der Waals surface area contributed by atoms with E-state index in [1.54, 1.807) is 0 Å². The van der Waals surface area contributed by atoms with E-state index < -0.39 is 0 Å². The Labute approximate surface area is 192 Å². The Balaban J connectivity index is 1.27. The van der Waals surface area contributed by atoms with E-state index in [0.29, 0.717) is 16.7 Å². The maximum Gasteiger partial charge on any atom is 0.0648 e. The van der Waals surface area contributed by atoms with Gasteiger partial charge >= 0.3 is 0 Å². The summed E-state index contributed by atoms with van der Waals surface area (Å²) in [7, 11) is 0. The van der Waals surface area contributed by atoms with Crippen molar-refractivity contribution in [2.24, 2.45) is 52.3 Å². The van der Waals surface area contributed by atoms with Crippen molar-refractivity contribution in [2.45, 2.75) is 129 Å². The van der Waals surface area contributed by atoms with Gasteiger partial charge in [-0.1, -0.05) is 27.7 Å². The van der Waals surface area contributed by atoms with Gasteiger partial charge in [0.1, 0.15) is 0 Å². The number of rotatable bonds is 6. The predicted molar refractivity (Wildman–Crippen MR) is 128 cm³/mol. The van der Waals surface area contributed by atoms with Crippen LogP contribution in [-0.4, -0.2) is 21.9 Å². The molecule has 5 rings (SSSR count). The van der Waals surface area contributed by atoms with Crippen LogP contribution in [0.15, 0.2) is 0 Å². The van der Waals surface area contributed by atoms with Crippen LogP contribution in [0.2, 0.25) is 0 Å². The summed E-state index contributed by atoms with van der Waals surface area (Å²) in [5.41, 5.74) is 0.635. The van der Waals surface area contributed by atoms with Gasteiger partial charge in [0.05, 0.1) is 11.7 Å². The normalized spacial score (nSPS) is 51.5. The third-order valence-electron chi connectivity index (χ3n) is 12.3. The highest BCUT2D eigenvalue weighted by atomic mass is 16.3. The molecular formula is C29H50O2. The van der Waals surface area contributed by atoms with Gasteiger partial charge in [-0.3, -0.25) is 0 Å². The Hall–Kier alpha value is -0.0800. The summed E-state index contributed by atoms with van der Waals surface area (Å²) in [5, 5.41) is 21.4. The van der Waals surface area contributed by atoms with Gasteiger partial charge in [0.15, 0.2) is 0 Å². The summed E-state index contributed by atoms with van der Waals surface area (Å²) < 4.78 is 0. The van der Waals surface area contributed by atoms with Crippen LogP contribution in [0.3, 0.4) is 0 Å². The zero-order chi connectivity index (χ0) is 22.0. The molecular weight excluding hydrogens is 380 g/mol. The van der Waals surface area contributed by atoms with E-state index in [2.05, 4.69) is 27.7 Å². The van der Waals surface area contributed by atoms with Gasteiger partial charge in [-0.15, -0.1) is 0 Å². The molecule has 0 aliphatic heterocycles. The fourth-order valence-corrected chi connectivity index (χ4v) is 9.97. The first-order valence-corrected chi connectivity index (χ1v) is 14.1. The van der Waals surface area contributed by atoms with Crippen molar-refractivity contribution in [2.75, 3.05) is 0 Å². The van der Waals surface area contributed by atoms with Gasteiger partial charge < -0.3 is 10.2 Å². The van der Waals surface area contributed by atoms with Gasteiger partial charge in [0.2, 0.25) is 0 Å². The molecule has 10 atom stereocenters. The molecule has 0 spiro atoms. The van der Waals surface area contributed by atoms with Crippen LogP contribution < -0.4 is 0 Å². The largest absolute Gasteiger partial charge is 0.393 e. The van der Waals surface area contributed by atoms with E-state index in [1.165, 1.54) is 64.2 Å². The summed E-state index contributed by atoms with van der Waals surface area (Å²) in [5.74, 6) is 5.77. The van der Waals surface area contributed by atoms with E-state index in [4.69, 9.17) is 0 Å². The zero-order valence-electron chi connectivity index (χ0n) is 20.9. The summed E-state index contributed by atoms with van der Waals surface area (Å²) in [4.78, 5) is 0. The summed E-state index contributed by atoms with van der Waals surface area (Å²) >= 11 is 0. The monoisotopic (exact) mass is 430 g/mol. The molecule has 0 amide bonds. The molecule has 0 radical (unpaired) electrons. The summed E-state index contributed by atoms with van der Waals surface area (Å²) in [6.07, 6.45) is 17.6. The van der Waals surface area contributed by atoms with Crippen LogP contribution in [0.4, 0.5) is 0 Å². The lowest BCUT2D eigenvalue weighted by atomic mass is 9.43. The molecule has 0 heterocycles. The fraction of sp³-hybridized carbons (Fsp3) is 1.00. The van der Waals surface area contributed by atoms with Gasteiger partial charge in [-0.25, -0.2) is 0 Å². The first-order valence-electron chi connectivity index (χ1n) is 14.1. The highest BCUT2D eigenvalue weighted by Crippen LogP contribution is 2.69. The number of aliphatic hydroxyl groups is 2. The molecule has 31 heavy (non-hydrogen) atoms. The standard InChI is InChI=1S/C29H50O2/c1-5-29(31)17-16-27(3)21(18-29)9-10-22-24-12-11-23(28(24,4)15-14-25(22)27)19(2)6-13-26(30)20-7-8-20/h19-26,30-31H,5-18H2,1-4H3/t19-,21+,22+,23-,24+,25+,26+,27+,28-,29+/m1/s1. The summed E-state index contributed by atoms with van der Waals surface area (Å²) in [6, 6.07) is 0. The van der Waals surface area contributed by atoms with Gasteiger partial charge in [0, 0.05) is 0 Å². The predicted octanol–water partition coefficient (Wildman–Crippen LogP) is 6.97. The van der Waals surface area contributed by atoms with E-state index >= 15 is 0 Å². The molecule has 0 saturated heterocycles. The van der Waals surface area contributed by atoms with Crippen molar-refractivity contribution in [3.8, 4) is 0 Å². The Morgan fingerprint density at radius 3 is 2.29 bits per heavy atom. The molecule has 0 aromatic carbocycles. The van der Waals surface area contributed by atoms with Crippen molar-refractivity contribution in [1.82, 2.24) is 0 Å². The average molecular weight is 431 g/mol. The SMILES string of the molecule is CC[C@]1(O)CC[C@@]2(C)[C@@H](CC[C@@H]3[C@@H]2CC[C@]2(C)[C@@H]([C@H](C)CC[C@H](O)C4CC4)CC[C@@H]32)C1. The lowest BCUT2D eigenvalue weighted by Crippen LogP contribution is -2.56. The van der Waals surface area contributed by atoms with E-state index in [9.17, 15) is 10.2 Å². The van der Waals surface area contributed by atoms with Gasteiger partial charge in [-0.05, 0) is 142 Å². The van der Waals surface area contributed by atoms with Gasteiger partial charge in [-0.2, -0.15) is 0 Å². The minimum atomic E-state index is -0.376. The molecule has 2 N–H and O–H groups in total. The van der Waals surface area contributed by atoms with Crippen LogP contribution in [0, 0.1) is 52.3 Å². The Kier molecular flexibility index (Phi) is 5.86. The highest BCUT2D eigenvalue weighted by Gasteiger charge is 2.61. The highest BCUT2D eigenvalue weighted by molar-refractivity contribution is 5.10. The molecule has 5 aliphatic carbocycles. The Bertz CT molecular complexity index is 657. The van der Waals surface area contributed by atoms with Crippen molar-refractivity contribution in [3.05, 3.63) is 0 Å². The number of hydrogen-bond acceptors (Lipinski definition) is 2. The fourth-order valence-electron chi connectivity index (χ4n) is 9.97. The van der Waals surface area contributed by atoms with Crippen molar-refractivity contribution in [3.63, 3.8) is 0 Å². The Morgan fingerprint density at radius 2 is 1.58 bits per heavy atom. The van der Waals surface area contributed by atoms with Crippen LogP contribution >= 0.6 is 0 Å². The minimum Gasteiger partial charge on any atom is -0.393 e. The molecule has 0 bridgehead atoms. The maximum atomic E-state index is 11.0. The topological polar surface area (TPSA) is 40.5 Å². The van der Waals surface area contributed by atoms with Crippen molar-refractivity contribution < 1.29 is 10.2 Å². The van der Waals surface area contributed by atoms with Crippen molar-refractivity contribution >= 4 is 0 Å². The smallest absolute Gasteiger partial charge is 0.0648 e. The lowest BCUT2D eigenvalue weighted by molar-refractivity contribution is -0.152. The van der Waals surface area contributed by atoms with E-state index in [-0.39, 0.29) is 11.7 Å². The van der Waals surface area contributed by atoms with E-state index in [0.717, 1.165) is 61.2 Å².